The summed E-state index contributed by atoms with van der Waals surface area (Å²) in [5.41, 5.74) is 0.853. The molecule has 0 aliphatic carbocycles. The monoisotopic (exact) mass is 415 g/mol. The second-order valence-electron chi connectivity index (χ2n) is 6.33. The molecule has 0 aliphatic heterocycles. The lowest BCUT2D eigenvalue weighted by Gasteiger charge is -2.16. The summed E-state index contributed by atoms with van der Waals surface area (Å²) in [5, 5.41) is 14.5. The van der Waals surface area contributed by atoms with E-state index in [0.717, 1.165) is 11.6 Å². The fraction of sp³-hybridized carbons (Fsp3) is 0.100. The Balaban J connectivity index is 1.89. The van der Waals surface area contributed by atoms with E-state index in [0.29, 0.717) is 5.69 Å². The average Bonchev–Trinajstić information content (AvgIpc) is 2.69. The molecule has 3 aromatic carbocycles. The Morgan fingerprint density at radius 3 is 2.28 bits per heavy atom. The van der Waals surface area contributed by atoms with Gasteiger partial charge >= 0.3 is 0 Å². The van der Waals surface area contributed by atoms with Crippen LogP contribution in [0.4, 0.5) is 21.5 Å². The number of halogens is 1. The van der Waals surface area contributed by atoms with Crippen LogP contribution in [0.2, 0.25) is 0 Å². The van der Waals surface area contributed by atoms with E-state index in [-0.39, 0.29) is 28.1 Å². The number of para-hydroxylation sites is 1. The van der Waals surface area contributed by atoms with E-state index < -0.39 is 14.9 Å². The number of sulfonamides is 1. The summed E-state index contributed by atoms with van der Waals surface area (Å²) >= 11 is 0. The summed E-state index contributed by atoms with van der Waals surface area (Å²) in [7, 11) is -4.00. The van der Waals surface area contributed by atoms with Gasteiger partial charge in [-0.1, -0.05) is 30.3 Å². The third-order valence-corrected chi connectivity index (χ3v) is 5.62. The van der Waals surface area contributed by atoms with Crippen LogP contribution >= 0.6 is 0 Å². The second-order valence-corrected chi connectivity index (χ2v) is 8.01. The Kier molecular flexibility index (Phi) is 5.79. The van der Waals surface area contributed by atoms with Gasteiger partial charge in [0.05, 0.1) is 9.82 Å². The molecule has 3 aromatic rings. The summed E-state index contributed by atoms with van der Waals surface area (Å²) in [6.45, 7) is 1.76. The normalized spacial score (nSPS) is 12.2. The van der Waals surface area contributed by atoms with E-state index in [1.807, 2.05) is 0 Å². The van der Waals surface area contributed by atoms with Gasteiger partial charge < -0.3 is 5.32 Å². The van der Waals surface area contributed by atoms with Gasteiger partial charge in [0.1, 0.15) is 11.5 Å². The Labute approximate surface area is 167 Å². The summed E-state index contributed by atoms with van der Waals surface area (Å²) < 4.78 is 40.6. The Hall–Kier alpha value is -3.46. The van der Waals surface area contributed by atoms with Gasteiger partial charge in [-0.25, -0.2) is 12.8 Å². The largest absolute Gasteiger partial charge is 0.373 e. The van der Waals surface area contributed by atoms with E-state index in [2.05, 4.69) is 10.0 Å². The molecule has 0 aromatic heterocycles. The van der Waals surface area contributed by atoms with Crippen molar-refractivity contribution in [3.63, 3.8) is 0 Å². The van der Waals surface area contributed by atoms with Crippen molar-refractivity contribution in [3.8, 4) is 0 Å². The molecule has 29 heavy (non-hydrogen) atoms. The predicted molar refractivity (Wildman–Crippen MR) is 109 cm³/mol. The van der Waals surface area contributed by atoms with Crippen molar-refractivity contribution in [2.75, 3.05) is 10.0 Å². The molecule has 0 bridgehead atoms. The molecule has 0 radical (unpaired) electrons. The SMILES string of the molecule is C[C@@H](Nc1ccc(S(=O)(=O)Nc2ccccc2)cc1[N+](=O)[O-])c1ccc(F)cc1. The van der Waals surface area contributed by atoms with Crippen molar-refractivity contribution < 1.29 is 17.7 Å². The molecule has 1 atom stereocenters. The molecule has 2 N–H and O–H groups in total. The molecule has 0 aliphatic rings. The maximum atomic E-state index is 13.1. The van der Waals surface area contributed by atoms with Crippen molar-refractivity contribution in [2.24, 2.45) is 0 Å². The van der Waals surface area contributed by atoms with Crippen LogP contribution in [0.25, 0.3) is 0 Å². The van der Waals surface area contributed by atoms with Gasteiger partial charge in [0.15, 0.2) is 0 Å². The van der Waals surface area contributed by atoms with Crippen molar-refractivity contribution in [2.45, 2.75) is 17.9 Å². The average molecular weight is 415 g/mol. The molecule has 9 heteroatoms. The Bertz CT molecular complexity index is 1120. The molecule has 150 valence electrons. The lowest BCUT2D eigenvalue weighted by atomic mass is 10.1. The second kappa shape index (κ2) is 8.27. The number of nitro benzene ring substituents is 1. The first-order valence-electron chi connectivity index (χ1n) is 8.64. The summed E-state index contributed by atoms with van der Waals surface area (Å²) in [5.74, 6) is -0.382. The number of nitrogens with one attached hydrogen (secondary N) is 2. The van der Waals surface area contributed by atoms with E-state index >= 15 is 0 Å². The minimum atomic E-state index is -4.00. The lowest BCUT2D eigenvalue weighted by molar-refractivity contribution is -0.384. The maximum absolute atomic E-state index is 13.1. The van der Waals surface area contributed by atoms with Crippen LogP contribution in [-0.2, 0) is 10.0 Å². The molecule has 0 fully saturated rings. The van der Waals surface area contributed by atoms with Crippen LogP contribution in [0.5, 0.6) is 0 Å². The van der Waals surface area contributed by atoms with Crippen LogP contribution in [-0.4, -0.2) is 13.3 Å². The first kappa shape index (κ1) is 20.3. The first-order chi connectivity index (χ1) is 13.8. The van der Waals surface area contributed by atoms with Crippen molar-refractivity contribution in [1.82, 2.24) is 0 Å². The van der Waals surface area contributed by atoms with Gasteiger partial charge in [0, 0.05) is 17.8 Å². The highest BCUT2D eigenvalue weighted by Crippen LogP contribution is 2.31. The Morgan fingerprint density at radius 2 is 1.66 bits per heavy atom. The summed E-state index contributed by atoms with van der Waals surface area (Å²) in [6.07, 6.45) is 0. The zero-order valence-corrected chi connectivity index (χ0v) is 16.2. The summed E-state index contributed by atoms with van der Waals surface area (Å²) in [6, 6.07) is 17.3. The minimum Gasteiger partial charge on any atom is -0.373 e. The highest BCUT2D eigenvalue weighted by Gasteiger charge is 2.22. The third kappa shape index (κ3) is 4.88. The molecular weight excluding hydrogens is 397 g/mol. The number of hydrogen-bond donors (Lipinski definition) is 2. The first-order valence-corrected chi connectivity index (χ1v) is 10.1. The quantitative estimate of drug-likeness (QED) is 0.430. The number of anilines is 2. The fourth-order valence-electron chi connectivity index (χ4n) is 2.74. The number of benzene rings is 3. The lowest BCUT2D eigenvalue weighted by Crippen LogP contribution is -2.14. The topological polar surface area (TPSA) is 101 Å². The van der Waals surface area contributed by atoms with E-state index in [4.69, 9.17) is 0 Å². The highest BCUT2D eigenvalue weighted by molar-refractivity contribution is 7.92. The molecule has 0 saturated heterocycles. The summed E-state index contributed by atoms with van der Waals surface area (Å²) in [4.78, 5) is 10.6. The third-order valence-electron chi connectivity index (χ3n) is 4.24. The highest BCUT2D eigenvalue weighted by atomic mass is 32.2. The van der Waals surface area contributed by atoms with E-state index in [1.165, 1.54) is 24.3 Å². The van der Waals surface area contributed by atoms with Crippen LogP contribution in [0.3, 0.4) is 0 Å². The zero-order chi connectivity index (χ0) is 21.0. The van der Waals surface area contributed by atoms with E-state index in [9.17, 15) is 22.9 Å². The maximum Gasteiger partial charge on any atom is 0.293 e. The van der Waals surface area contributed by atoms with Crippen molar-refractivity contribution >= 4 is 27.1 Å². The molecule has 3 rings (SSSR count). The predicted octanol–water partition coefficient (Wildman–Crippen LogP) is 4.71. The molecule has 0 heterocycles. The van der Waals surface area contributed by atoms with Gasteiger partial charge in [-0.3, -0.25) is 14.8 Å². The van der Waals surface area contributed by atoms with Crippen LogP contribution in [0.1, 0.15) is 18.5 Å². The molecule has 7 nitrogen and oxygen atoms in total. The van der Waals surface area contributed by atoms with Crippen LogP contribution in [0, 0.1) is 15.9 Å². The van der Waals surface area contributed by atoms with Gasteiger partial charge in [-0.2, -0.15) is 0 Å². The molecule has 0 amide bonds. The minimum absolute atomic E-state index is 0.158. The molecule has 0 saturated carbocycles. The van der Waals surface area contributed by atoms with E-state index in [1.54, 1.807) is 49.4 Å². The van der Waals surface area contributed by atoms with Gasteiger partial charge in [0.25, 0.3) is 15.7 Å². The van der Waals surface area contributed by atoms with Gasteiger partial charge in [-0.05, 0) is 48.9 Å². The van der Waals surface area contributed by atoms with Crippen LogP contribution in [0.15, 0.2) is 77.7 Å². The van der Waals surface area contributed by atoms with Crippen molar-refractivity contribution in [1.29, 1.82) is 0 Å². The Morgan fingerprint density at radius 1 is 1.00 bits per heavy atom. The number of rotatable bonds is 7. The molecule has 0 unspecified atom stereocenters. The van der Waals surface area contributed by atoms with Crippen LogP contribution < -0.4 is 10.0 Å². The number of hydrogen-bond acceptors (Lipinski definition) is 5. The number of nitro groups is 1. The zero-order valence-electron chi connectivity index (χ0n) is 15.4. The molecular formula is C20H18FN3O4S. The number of nitrogens with zero attached hydrogens (tertiary/aromatic N) is 1. The standard InChI is InChI=1S/C20H18FN3O4S/c1-14(15-7-9-16(21)10-8-15)22-19-12-11-18(13-20(19)24(25)26)29(27,28)23-17-5-3-2-4-6-17/h2-14,22-23H,1H3/t14-/m1/s1. The smallest absolute Gasteiger partial charge is 0.293 e. The van der Waals surface area contributed by atoms with Crippen molar-refractivity contribution in [3.05, 3.63) is 94.3 Å². The van der Waals surface area contributed by atoms with Gasteiger partial charge in [0.2, 0.25) is 0 Å². The molecule has 0 spiro atoms. The fourth-order valence-corrected chi connectivity index (χ4v) is 3.82. The van der Waals surface area contributed by atoms with Gasteiger partial charge in [-0.15, -0.1) is 0 Å².